The lowest BCUT2D eigenvalue weighted by Crippen LogP contribution is -2.33. The normalized spacial score (nSPS) is 10.0. The van der Waals surface area contributed by atoms with E-state index in [1.54, 1.807) is 30.3 Å². The van der Waals surface area contributed by atoms with E-state index in [1.165, 1.54) is 0 Å². The molecule has 0 radical (unpaired) electrons. The molecule has 0 unspecified atom stereocenters. The topological polar surface area (TPSA) is 71.2 Å². The maximum atomic E-state index is 11.8. The summed E-state index contributed by atoms with van der Waals surface area (Å²) in [6.07, 6.45) is 1.56. The fourth-order valence-electron chi connectivity index (χ4n) is 1.16. The predicted octanol–water partition coefficient (Wildman–Crippen LogP) is -0.0448. The number of carbonyl (C=O) groups is 1. The molecule has 82 valence electrons. The fraction of sp³-hybridized carbons (Fsp3) is 0.400. The Morgan fingerprint density at radius 2 is 2.40 bits per heavy atom. The number of hydrogen-bond donors (Lipinski definition) is 2. The number of rotatable bonds is 4. The van der Waals surface area contributed by atoms with Gasteiger partial charge in [-0.2, -0.15) is 0 Å². The molecule has 15 heavy (non-hydrogen) atoms. The van der Waals surface area contributed by atoms with Crippen molar-refractivity contribution < 1.29 is 4.79 Å². The summed E-state index contributed by atoms with van der Waals surface area (Å²) < 4.78 is 0. The van der Waals surface area contributed by atoms with Crippen LogP contribution in [0.15, 0.2) is 18.3 Å². The highest BCUT2D eigenvalue weighted by molar-refractivity contribution is 5.96. The molecule has 0 spiro atoms. The van der Waals surface area contributed by atoms with Crippen LogP contribution in [0.3, 0.4) is 0 Å². The summed E-state index contributed by atoms with van der Waals surface area (Å²) in [5.41, 5.74) is 6.39. The number of pyridine rings is 1. The third-order valence-corrected chi connectivity index (χ3v) is 2.09. The van der Waals surface area contributed by atoms with Gasteiger partial charge in [0.1, 0.15) is 0 Å². The number of hydrogen-bond acceptors (Lipinski definition) is 4. The first-order chi connectivity index (χ1) is 7.16. The Bertz CT molecular complexity index is 340. The van der Waals surface area contributed by atoms with Gasteiger partial charge >= 0.3 is 0 Å². The molecule has 1 heterocycles. The van der Waals surface area contributed by atoms with Gasteiger partial charge in [0, 0.05) is 26.3 Å². The van der Waals surface area contributed by atoms with E-state index in [0.29, 0.717) is 17.9 Å². The standard InChI is InChI=1S/C10H16N4O/c1-12-6-7-14(2)10(15)9-8(11)4-3-5-13-9/h3-5,12H,6-7,11H2,1-2H3. The second kappa shape index (κ2) is 5.31. The minimum absolute atomic E-state index is 0.150. The van der Waals surface area contributed by atoms with Gasteiger partial charge in [0.15, 0.2) is 5.69 Å². The van der Waals surface area contributed by atoms with Crippen LogP contribution >= 0.6 is 0 Å². The van der Waals surface area contributed by atoms with E-state index in [0.717, 1.165) is 6.54 Å². The van der Waals surface area contributed by atoms with Gasteiger partial charge in [-0.3, -0.25) is 4.79 Å². The molecule has 0 aliphatic rings. The van der Waals surface area contributed by atoms with E-state index in [-0.39, 0.29) is 5.91 Å². The highest BCUT2D eigenvalue weighted by Crippen LogP contribution is 2.08. The van der Waals surface area contributed by atoms with Gasteiger partial charge in [0.2, 0.25) is 0 Å². The van der Waals surface area contributed by atoms with Crippen LogP contribution in [-0.4, -0.2) is 43.0 Å². The van der Waals surface area contributed by atoms with E-state index in [4.69, 9.17) is 5.73 Å². The van der Waals surface area contributed by atoms with Crippen molar-refractivity contribution in [2.75, 3.05) is 32.9 Å². The molecule has 0 atom stereocenters. The van der Waals surface area contributed by atoms with Crippen molar-refractivity contribution in [1.82, 2.24) is 15.2 Å². The van der Waals surface area contributed by atoms with Gasteiger partial charge in [-0.25, -0.2) is 4.98 Å². The Hall–Kier alpha value is -1.62. The molecule has 0 aliphatic carbocycles. The number of nitrogen functional groups attached to an aromatic ring is 1. The van der Waals surface area contributed by atoms with E-state index in [9.17, 15) is 4.79 Å². The second-order valence-corrected chi connectivity index (χ2v) is 3.27. The Balaban J connectivity index is 2.72. The number of nitrogens with zero attached hydrogens (tertiary/aromatic N) is 2. The highest BCUT2D eigenvalue weighted by atomic mass is 16.2. The number of anilines is 1. The van der Waals surface area contributed by atoms with E-state index in [1.807, 2.05) is 7.05 Å². The van der Waals surface area contributed by atoms with Crippen LogP contribution in [0.2, 0.25) is 0 Å². The van der Waals surface area contributed by atoms with Crippen molar-refractivity contribution >= 4 is 11.6 Å². The molecular formula is C10H16N4O. The minimum atomic E-state index is -0.150. The Kier molecular flexibility index (Phi) is 4.05. The Morgan fingerprint density at radius 3 is 3.00 bits per heavy atom. The summed E-state index contributed by atoms with van der Waals surface area (Å²) in [5.74, 6) is -0.150. The highest BCUT2D eigenvalue weighted by Gasteiger charge is 2.14. The van der Waals surface area contributed by atoms with E-state index < -0.39 is 0 Å². The van der Waals surface area contributed by atoms with Crippen molar-refractivity contribution in [2.45, 2.75) is 0 Å². The summed E-state index contributed by atoms with van der Waals surface area (Å²) in [7, 11) is 3.57. The summed E-state index contributed by atoms with van der Waals surface area (Å²) in [6, 6.07) is 3.38. The zero-order chi connectivity index (χ0) is 11.3. The zero-order valence-electron chi connectivity index (χ0n) is 9.03. The summed E-state index contributed by atoms with van der Waals surface area (Å²) >= 11 is 0. The molecule has 0 saturated heterocycles. The first-order valence-corrected chi connectivity index (χ1v) is 4.77. The average molecular weight is 208 g/mol. The Morgan fingerprint density at radius 1 is 1.67 bits per heavy atom. The van der Waals surface area contributed by atoms with Crippen LogP contribution in [0.1, 0.15) is 10.5 Å². The van der Waals surface area contributed by atoms with Gasteiger partial charge in [-0.15, -0.1) is 0 Å². The molecular weight excluding hydrogens is 192 g/mol. The van der Waals surface area contributed by atoms with Crippen molar-refractivity contribution in [3.63, 3.8) is 0 Å². The smallest absolute Gasteiger partial charge is 0.274 e. The number of likely N-dealkylation sites (N-methyl/N-ethyl adjacent to an activating group) is 2. The summed E-state index contributed by atoms with van der Waals surface area (Å²) in [5, 5.41) is 2.97. The fourth-order valence-corrected chi connectivity index (χ4v) is 1.16. The first-order valence-electron chi connectivity index (χ1n) is 4.77. The SMILES string of the molecule is CNCCN(C)C(=O)c1ncccc1N. The monoisotopic (exact) mass is 208 g/mol. The first kappa shape index (κ1) is 11.5. The molecule has 5 heteroatoms. The molecule has 0 aromatic carbocycles. The van der Waals surface area contributed by atoms with Gasteiger partial charge in [0.25, 0.3) is 5.91 Å². The molecule has 5 nitrogen and oxygen atoms in total. The molecule has 1 amide bonds. The number of nitrogens with one attached hydrogen (secondary N) is 1. The Labute approximate surface area is 89.3 Å². The molecule has 0 saturated carbocycles. The van der Waals surface area contributed by atoms with Crippen molar-refractivity contribution in [1.29, 1.82) is 0 Å². The number of carbonyl (C=O) groups excluding carboxylic acids is 1. The average Bonchev–Trinajstić information content (AvgIpc) is 2.25. The van der Waals surface area contributed by atoms with Crippen LogP contribution in [0.25, 0.3) is 0 Å². The zero-order valence-corrected chi connectivity index (χ0v) is 9.03. The largest absolute Gasteiger partial charge is 0.397 e. The van der Waals surface area contributed by atoms with Crippen molar-refractivity contribution in [2.24, 2.45) is 0 Å². The molecule has 0 fully saturated rings. The van der Waals surface area contributed by atoms with Gasteiger partial charge in [0.05, 0.1) is 5.69 Å². The lowest BCUT2D eigenvalue weighted by molar-refractivity contribution is 0.0792. The van der Waals surface area contributed by atoms with Crippen molar-refractivity contribution in [3.05, 3.63) is 24.0 Å². The summed E-state index contributed by atoms with van der Waals surface area (Å²) in [6.45, 7) is 1.38. The predicted molar refractivity (Wildman–Crippen MR) is 59.5 cm³/mol. The third kappa shape index (κ3) is 2.92. The number of aromatic nitrogens is 1. The molecule has 0 aliphatic heterocycles. The van der Waals surface area contributed by atoms with E-state index >= 15 is 0 Å². The van der Waals surface area contributed by atoms with E-state index in [2.05, 4.69) is 10.3 Å². The van der Waals surface area contributed by atoms with Crippen LogP contribution in [0, 0.1) is 0 Å². The lowest BCUT2D eigenvalue weighted by Gasteiger charge is -2.16. The minimum Gasteiger partial charge on any atom is -0.397 e. The van der Waals surface area contributed by atoms with Crippen LogP contribution in [0.4, 0.5) is 5.69 Å². The maximum Gasteiger partial charge on any atom is 0.274 e. The van der Waals surface area contributed by atoms with Gasteiger partial charge in [-0.1, -0.05) is 0 Å². The van der Waals surface area contributed by atoms with Crippen LogP contribution < -0.4 is 11.1 Å². The number of amides is 1. The van der Waals surface area contributed by atoms with Gasteiger partial charge in [-0.05, 0) is 19.2 Å². The number of nitrogens with two attached hydrogens (primary N) is 1. The molecule has 1 rings (SSSR count). The maximum absolute atomic E-state index is 11.8. The van der Waals surface area contributed by atoms with Crippen LogP contribution in [0.5, 0.6) is 0 Å². The summed E-state index contributed by atoms with van der Waals surface area (Å²) in [4.78, 5) is 17.4. The quantitative estimate of drug-likeness (QED) is 0.728. The third-order valence-electron chi connectivity index (χ3n) is 2.09. The molecule has 3 N–H and O–H groups in total. The van der Waals surface area contributed by atoms with Crippen molar-refractivity contribution in [3.8, 4) is 0 Å². The molecule has 1 aromatic heterocycles. The molecule has 0 bridgehead atoms. The molecule has 1 aromatic rings. The van der Waals surface area contributed by atoms with Gasteiger partial charge < -0.3 is 16.0 Å². The second-order valence-electron chi connectivity index (χ2n) is 3.27. The van der Waals surface area contributed by atoms with Crippen LogP contribution in [-0.2, 0) is 0 Å². The lowest BCUT2D eigenvalue weighted by atomic mass is 10.2.